The van der Waals surface area contributed by atoms with Gasteiger partial charge >= 0.3 is 0 Å². The molecule has 0 heterocycles. The van der Waals surface area contributed by atoms with Crippen LogP contribution in [0.1, 0.15) is 38.5 Å². The van der Waals surface area contributed by atoms with Crippen LogP contribution in [0.5, 0.6) is 0 Å². The average Bonchev–Trinajstić information content (AvgIpc) is 1.92. The minimum absolute atomic E-state index is 0.445. The first-order valence-electron chi connectivity index (χ1n) is 4.09. The van der Waals surface area contributed by atoms with E-state index in [1.807, 2.05) is 0 Å². The van der Waals surface area contributed by atoms with Crippen molar-refractivity contribution in [2.45, 2.75) is 47.8 Å². The quantitative estimate of drug-likeness (QED) is 0.465. The zero-order valence-corrected chi connectivity index (χ0v) is 9.07. The van der Waals surface area contributed by atoms with Gasteiger partial charge in [0.2, 0.25) is 0 Å². The number of alkyl halides is 2. The highest BCUT2D eigenvalue weighted by Gasteiger charge is 2.16. The van der Waals surface area contributed by atoms with Crippen LogP contribution < -0.4 is 0 Å². The number of hydrogen-bond donors (Lipinski definition) is 0. The lowest BCUT2D eigenvalue weighted by Gasteiger charge is -2.18. The predicted octanol–water partition coefficient (Wildman–Crippen LogP) is 3.75. The highest BCUT2D eigenvalue weighted by Crippen LogP contribution is 2.26. The van der Waals surface area contributed by atoms with Crippen molar-refractivity contribution >= 4 is 34.2 Å². The lowest BCUT2D eigenvalue weighted by molar-refractivity contribution is 0.526. The van der Waals surface area contributed by atoms with Crippen LogP contribution in [-0.4, -0.2) is 9.30 Å². The van der Waals surface area contributed by atoms with E-state index in [-0.39, 0.29) is 0 Å². The Kier molecular flexibility index (Phi) is 4.38. The molecule has 2 atom stereocenters. The number of halogens is 2. The Morgan fingerprint density at radius 1 is 1.00 bits per heavy atom. The Balaban J connectivity index is 2.28. The molecule has 0 radical (unpaired) electrons. The van der Waals surface area contributed by atoms with Crippen LogP contribution >= 0.6 is 34.2 Å². The van der Waals surface area contributed by atoms with E-state index < -0.39 is 0 Å². The molecule has 1 fully saturated rings. The second kappa shape index (κ2) is 4.81. The van der Waals surface area contributed by atoms with Crippen molar-refractivity contribution in [3.05, 3.63) is 0 Å². The van der Waals surface area contributed by atoms with Gasteiger partial charge in [0.15, 0.2) is 0 Å². The Morgan fingerprint density at radius 3 is 2.30 bits per heavy atom. The highest BCUT2D eigenvalue weighted by atomic mass is 127. The van der Waals surface area contributed by atoms with E-state index in [9.17, 15) is 0 Å². The van der Waals surface area contributed by atoms with E-state index in [1.165, 1.54) is 38.5 Å². The minimum atomic E-state index is 0.445. The molecular formula is C8H14ClI. The smallest absolute Gasteiger partial charge is 0.0453 e. The van der Waals surface area contributed by atoms with Crippen LogP contribution in [0.15, 0.2) is 0 Å². The predicted molar refractivity (Wildman–Crippen MR) is 55.2 cm³/mol. The van der Waals surface area contributed by atoms with Crippen LogP contribution in [-0.2, 0) is 0 Å². The SMILES string of the molecule is Cl[C@@H]1CCCCCC[C@H]1I. The zero-order valence-electron chi connectivity index (χ0n) is 6.15. The fraction of sp³-hybridized carbons (Fsp3) is 1.00. The van der Waals surface area contributed by atoms with Gasteiger partial charge in [-0.05, 0) is 12.8 Å². The van der Waals surface area contributed by atoms with Gasteiger partial charge < -0.3 is 0 Å². The fourth-order valence-electron chi connectivity index (χ4n) is 1.39. The molecule has 2 heteroatoms. The largest absolute Gasteiger partial charge is 0.122 e. The molecule has 0 aromatic rings. The Labute approximate surface area is 81.9 Å². The number of rotatable bonds is 0. The van der Waals surface area contributed by atoms with Gasteiger partial charge in [-0.1, -0.05) is 48.3 Å². The Bertz CT molecular complexity index is 83.3. The molecule has 1 aliphatic carbocycles. The highest BCUT2D eigenvalue weighted by molar-refractivity contribution is 14.1. The van der Waals surface area contributed by atoms with Crippen molar-refractivity contribution < 1.29 is 0 Å². The third-order valence-corrected chi connectivity index (χ3v) is 4.54. The summed E-state index contributed by atoms with van der Waals surface area (Å²) in [5.74, 6) is 0. The van der Waals surface area contributed by atoms with E-state index in [2.05, 4.69) is 22.6 Å². The molecule has 0 aromatic carbocycles. The lowest BCUT2D eigenvalue weighted by atomic mass is 10.0. The van der Waals surface area contributed by atoms with Crippen LogP contribution in [0, 0.1) is 0 Å². The van der Waals surface area contributed by atoms with Crippen molar-refractivity contribution in [3.63, 3.8) is 0 Å². The van der Waals surface area contributed by atoms with Crippen LogP contribution in [0.25, 0.3) is 0 Å². The average molecular weight is 273 g/mol. The van der Waals surface area contributed by atoms with Crippen molar-refractivity contribution in [1.29, 1.82) is 0 Å². The summed E-state index contributed by atoms with van der Waals surface area (Å²) in [7, 11) is 0. The van der Waals surface area contributed by atoms with Crippen LogP contribution in [0.3, 0.4) is 0 Å². The van der Waals surface area contributed by atoms with Crippen molar-refractivity contribution in [2.24, 2.45) is 0 Å². The van der Waals surface area contributed by atoms with E-state index in [4.69, 9.17) is 11.6 Å². The molecule has 1 rings (SSSR count). The third-order valence-electron chi connectivity index (χ3n) is 2.10. The molecule has 10 heavy (non-hydrogen) atoms. The topological polar surface area (TPSA) is 0 Å². The second-order valence-electron chi connectivity index (χ2n) is 3.02. The van der Waals surface area contributed by atoms with Gasteiger partial charge in [-0.25, -0.2) is 0 Å². The maximum Gasteiger partial charge on any atom is 0.0453 e. The molecule has 0 amide bonds. The molecule has 0 aromatic heterocycles. The lowest BCUT2D eigenvalue weighted by Crippen LogP contribution is -2.15. The van der Waals surface area contributed by atoms with Crippen LogP contribution in [0.2, 0.25) is 0 Å². The second-order valence-corrected chi connectivity index (χ2v) is 5.18. The molecule has 60 valence electrons. The molecule has 0 N–H and O–H groups in total. The first kappa shape index (κ1) is 9.11. The van der Waals surface area contributed by atoms with Crippen LogP contribution in [0.4, 0.5) is 0 Å². The maximum absolute atomic E-state index is 6.14. The summed E-state index contributed by atoms with van der Waals surface area (Å²) in [4.78, 5) is 0. The molecule has 1 saturated carbocycles. The molecule has 0 saturated heterocycles. The molecule has 0 unspecified atom stereocenters. The van der Waals surface area contributed by atoms with Gasteiger partial charge in [-0.15, -0.1) is 11.6 Å². The summed E-state index contributed by atoms with van der Waals surface area (Å²) < 4.78 is 0.722. The standard InChI is InChI=1S/C8H14ClI/c9-7-5-3-1-2-4-6-8(7)10/h7-8H,1-6H2/t7-,8-/m1/s1. The Hall–Kier alpha value is 1.02. The van der Waals surface area contributed by atoms with Gasteiger partial charge in [0.05, 0.1) is 0 Å². The monoisotopic (exact) mass is 272 g/mol. The number of hydrogen-bond acceptors (Lipinski definition) is 0. The summed E-state index contributed by atoms with van der Waals surface area (Å²) in [5, 5.41) is 0.445. The van der Waals surface area contributed by atoms with E-state index in [1.54, 1.807) is 0 Å². The normalized spacial score (nSPS) is 36.6. The third kappa shape index (κ3) is 2.95. The molecule has 1 aliphatic rings. The van der Waals surface area contributed by atoms with E-state index in [0.29, 0.717) is 5.38 Å². The molecular weight excluding hydrogens is 258 g/mol. The van der Waals surface area contributed by atoms with Gasteiger partial charge in [0, 0.05) is 9.30 Å². The van der Waals surface area contributed by atoms with Gasteiger partial charge in [0.25, 0.3) is 0 Å². The Morgan fingerprint density at radius 2 is 1.60 bits per heavy atom. The van der Waals surface area contributed by atoms with Crippen molar-refractivity contribution in [1.82, 2.24) is 0 Å². The summed E-state index contributed by atoms with van der Waals surface area (Å²) in [5.41, 5.74) is 0. The first-order chi connectivity index (χ1) is 4.80. The summed E-state index contributed by atoms with van der Waals surface area (Å²) >= 11 is 8.63. The first-order valence-corrected chi connectivity index (χ1v) is 5.77. The molecule has 0 spiro atoms. The summed E-state index contributed by atoms with van der Waals surface area (Å²) in [6.45, 7) is 0. The van der Waals surface area contributed by atoms with E-state index >= 15 is 0 Å². The molecule has 0 aliphatic heterocycles. The molecule has 0 nitrogen and oxygen atoms in total. The zero-order chi connectivity index (χ0) is 7.40. The van der Waals surface area contributed by atoms with Gasteiger partial charge in [-0.2, -0.15) is 0 Å². The summed E-state index contributed by atoms with van der Waals surface area (Å²) in [6.07, 6.45) is 8.10. The van der Waals surface area contributed by atoms with Gasteiger partial charge in [-0.3, -0.25) is 0 Å². The van der Waals surface area contributed by atoms with Crippen molar-refractivity contribution in [2.75, 3.05) is 0 Å². The maximum atomic E-state index is 6.14. The minimum Gasteiger partial charge on any atom is -0.122 e. The van der Waals surface area contributed by atoms with E-state index in [0.717, 1.165) is 3.92 Å². The van der Waals surface area contributed by atoms with Crippen molar-refractivity contribution in [3.8, 4) is 0 Å². The fourth-order valence-corrected chi connectivity index (χ4v) is 2.47. The van der Waals surface area contributed by atoms with Gasteiger partial charge in [0.1, 0.15) is 0 Å². The summed E-state index contributed by atoms with van der Waals surface area (Å²) in [6, 6.07) is 0. The molecule has 0 bridgehead atoms.